The van der Waals surface area contributed by atoms with Crippen LogP contribution < -0.4 is 5.32 Å². The smallest absolute Gasteiger partial charge is 0.238 e. The summed E-state index contributed by atoms with van der Waals surface area (Å²) in [6, 6.07) is 7.64. The van der Waals surface area contributed by atoms with E-state index in [0.717, 1.165) is 5.69 Å². The molecule has 18 heavy (non-hydrogen) atoms. The Bertz CT molecular complexity index is 454. The highest BCUT2D eigenvalue weighted by molar-refractivity contribution is 5.82. The van der Waals surface area contributed by atoms with E-state index >= 15 is 0 Å². The van der Waals surface area contributed by atoms with E-state index in [1.54, 1.807) is 6.20 Å². The van der Waals surface area contributed by atoms with Gasteiger partial charge in [0.2, 0.25) is 5.91 Å². The van der Waals surface area contributed by atoms with Crippen LogP contribution in [0.2, 0.25) is 0 Å². The number of hydrogen-bond acceptors (Lipinski definition) is 4. The van der Waals surface area contributed by atoms with Crippen molar-refractivity contribution >= 4 is 5.91 Å². The summed E-state index contributed by atoms with van der Waals surface area (Å²) in [6.07, 6.45) is 1.95. The van der Waals surface area contributed by atoms with E-state index in [1.807, 2.05) is 30.0 Å². The molecule has 0 aromatic carbocycles. The van der Waals surface area contributed by atoms with Gasteiger partial charge in [-0.05, 0) is 19.1 Å². The topological polar surface area (TPSA) is 69.0 Å². The van der Waals surface area contributed by atoms with Gasteiger partial charge in [0.15, 0.2) is 0 Å². The van der Waals surface area contributed by atoms with Gasteiger partial charge < -0.3 is 5.32 Å². The lowest BCUT2D eigenvalue weighted by atomic mass is 10.0. The molecular weight excluding hydrogens is 228 g/mol. The molecule has 1 saturated heterocycles. The van der Waals surface area contributed by atoms with Crippen molar-refractivity contribution in [3.63, 3.8) is 0 Å². The third-order valence-corrected chi connectivity index (χ3v) is 3.20. The second-order valence-electron chi connectivity index (χ2n) is 4.47. The third-order valence-electron chi connectivity index (χ3n) is 3.20. The second kappa shape index (κ2) is 5.61. The molecule has 94 valence electrons. The number of hydrogen-bond donors (Lipinski definition) is 1. The molecule has 1 aromatic rings. The summed E-state index contributed by atoms with van der Waals surface area (Å²) in [5, 5.41) is 11.7. The Morgan fingerprint density at radius 1 is 1.61 bits per heavy atom. The monoisotopic (exact) mass is 244 g/mol. The molecule has 0 spiro atoms. The molecule has 5 nitrogen and oxygen atoms in total. The predicted molar refractivity (Wildman–Crippen MR) is 66.3 cm³/mol. The number of nitrogens with zero attached hydrogens (tertiary/aromatic N) is 3. The molecule has 1 N–H and O–H groups in total. The number of amides is 1. The fraction of sp³-hybridized carbons (Fsp3) is 0.462. The number of nitriles is 1. The number of rotatable bonds is 3. The fourth-order valence-electron chi connectivity index (χ4n) is 2.18. The lowest BCUT2D eigenvalue weighted by molar-refractivity contribution is -0.131. The van der Waals surface area contributed by atoms with Crippen molar-refractivity contribution in [1.82, 2.24) is 15.2 Å². The lowest BCUT2D eigenvalue weighted by Crippen LogP contribution is -2.58. The first-order valence-corrected chi connectivity index (χ1v) is 6.02. The summed E-state index contributed by atoms with van der Waals surface area (Å²) in [6.45, 7) is 3.27. The molecule has 1 aliphatic rings. The molecule has 5 heteroatoms. The molecule has 0 aliphatic carbocycles. The zero-order valence-corrected chi connectivity index (χ0v) is 10.3. The minimum absolute atomic E-state index is 0.0643. The Labute approximate surface area is 106 Å². The van der Waals surface area contributed by atoms with Gasteiger partial charge in [-0.3, -0.25) is 14.7 Å². The maximum atomic E-state index is 11.8. The van der Waals surface area contributed by atoms with E-state index in [2.05, 4.69) is 16.4 Å². The first-order chi connectivity index (χ1) is 8.72. The van der Waals surface area contributed by atoms with Crippen LogP contribution in [0.3, 0.4) is 0 Å². The van der Waals surface area contributed by atoms with E-state index in [0.29, 0.717) is 13.1 Å². The molecule has 2 heterocycles. The zero-order valence-electron chi connectivity index (χ0n) is 10.3. The number of aromatic nitrogens is 1. The second-order valence-corrected chi connectivity index (χ2v) is 4.47. The molecule has 2 rings (SSSR count). The van der Waals surface area contributed by atoms with Crippen molar-refractivity contribution in [2.24, 2.45) is 0 Å². The minimum Gasteiger partial charge on any atom is -0.353 e. The molecule has 0 radical (unpaired) electrons. The summed E-state index contributed by atoms with van der Waals surface area (Å²) in [5.41, 5.74) is 0.919. The van der Waals surface area contributed by atoms with Crippen LogP contribution in [0, 0.1) is 11.3 Å². The van der Waals surface area contributed by atoms with Gasteiger partial charge in [-0.2, -0.15) is 5.26 Å². The lowest BCUT2D eigenvalue weighted by Gasteiger charge is -2.38. The number of pyridine rings is 1. The molecule has 0 saturated carbocycles. The number of nitrogens with one attached hydrogen (secondary N) is 1. The molecule has 2 unspecified atom stereocenters. The van der Waals surface area contributed by atoms with Gasteiger partial charge in [0.1, 0.15) is 6.04 Å². The van der Waals surface area contributed by atoms with Gasteiger partial charge in [0.25, 0.3) is 0 Å². The van der Waals surface area contributed by atoms with Crippen molar-refractivity contribution in [1.29, 1.82) is 5.26 Å². The van der Waals surface area contributed by atoms with Crippen LogP contribution in [0.4, 0.5) is 0 Å². The summed E-state index contributed by atoms with van der Waals surface area (Å²) in [4.78, 5) is 18.1. The van der Waals surface area contributed by atoms with Gasteiger partial charge in [-0.1, -0.05) is 6.07 Å². The van der Waals surface area contributed by atoms with Gasteiger partial charge >= 0.3 is 0 Å². The molecule has 0 bridgehead atoms. The molecule has 1 aromatic heterocycles. The maximum Gasteiger partial charge on any atom is 0.238 e. The fourth-order valence-corrected chi connectivity index (χ4v) is 2.18. The predicted octanol–water partition coefficient (Wildman–Crippen LogP) is 0.684. The molecule has 1 aliphatic heterocycles. The normalized spacial score (nSPS) is 24.3. The van der Waals surface area contributed by atoms with Crippen molar-refractivity contribution in [2.75, 3.05) is 6.54 Å². The average molecular weight is 244 g/mol. The average Bonchev–Trinajstić information content (AvgIpc) is 2.39. The molecule has 1 fully saturated rings. The van der Waals surface area contributed by atoms with E-state index in [9.17, 15) is 4.79 Å². The Kier molecular flexibility index (Phi) is 3.90. The van der Waals surface area contributed by atoms with Crippen molar-refractivity contribution in [3.05, 3.63) is 30.1 Å². The maximum absolute atomic E-state index is 11.8. The first-order valence-electron chi connectivity index (χ1n) is 6.02. The SMILES string of the molecule is CC1CNC(=O)C(CC#N)N1Cc1ccccn1. The molecule has 1 amide bonds. The van der Waals surface area contributed by atoms with E-state index < -0.39 is 0 Å². The number of piperazine rings is 1. The van der Waals surface area contributed by atoms with Gasteiger partial charge in [-0.25, -0.2) is 0 Å². The Morgan fingerprint density at radius 3 is 3.11 bits per heavy atom. The van der Waals surface area contributed by atoms with Crippen LogP contribution in [0.25, 0.3) is 0 Å². The minimum atomic E-state index is -0.374. The molecular formula is C13H16N4O. The summed E-state index contributed by atoms with van der Waals surface area (Å²) in [7, 11) is 0. The number of carbonyl (C=O) groups excluding carboxylic acids is 1. The Balaban J connectivity index is 2.16. The van der Waals surface area contributed by atoms with Crippen LogP contribution in [0.1, 0.15) is 19.0 Å². The van der Waals surface area contributed by atoms with Gasteiger partial charge in [0, 0.05) is 25.3 Å². The van der Waals surface area contributed by atoms with Crippen molar-refractivity contribution < 1.29 is 4.79 Å². The largest absolute Gasteiger partial charge is 0.353 e. The van der Waals surface area contributed by atoms with Gasteiger partial charge in [0.05, 0.1) is 18.2 Å². The molecule has 2 atom stereocenters. The zero-order chi connectivity index (χ0) is 13.0. The highest BCUT2D eigenvalue weighted by Crippen LogP contribution is 2.16. The van der Waals surface area contributed by atoms with Crippen LogP contribution in [0.5, 0.6) is 0 Å². The third kappa shape index (κ3) is 2.66. The van der Waals surface area contributed by atoms with Gasteiger partial charge in [-0.15, -0.1) is 0 Å². The van der Waals surface area contributed by atoms with Crippen molar-refractivity contribution in [3.8, 4) is 6.07 Å². The van der Waals surface area contributed by atoms with E-state index in [1.165, 1.54) is 0 Å². The highest BCUT2D eigenvalue weighted by Gasteiger charge is 2.33. The standard InChI is InChI=1S/C13H16N4O/c1-10-8-16-13(18)12(5-6-14)17(10)9-11-4-2-3-7-15-11/h2-4,7,10,12H,5,8-9H2,1H3,(H,16,18). The van der Waals surface area contributed by atoms with Crippen molar-refractivity contribution in [2.45, 2.75) is 32.0 Å². The highest BCUT2D eigenvalue weighted by atomic mass is 16.2. The van der Waals surface area contributed by atoms with E-state index in [4.69, 9.17) is 5.26 Å². The van der Waals surface area contributed by atoms with Crippen LogP contribution in [0.15, 0.2) is 24.4 Å². The van der Waals surface area contributed by atoms with Crippen LogP contribution in [-0.2, 0) is 11.3 Å². The summed E-state index contributed by atoms with van der Waals surface area (Å²) < 4.78 is 0. The summed E-state index contributed by atoms with van der Waals surface area (Å²) >= 11 is 0. The Morgan fingerprint density at radius 2 is 2.44 bits per heavy atom. The Hall–Kier alpha value is -1.93. The first kappa shape index (κ1) is 12.5. The summed E-state index contributed by atoms with van der Waals surface area (Å²) in [5.74, 6) is -0.0643. The number of carbonyl (C=O) groups is 1. The van der Waals surface area contributed by atoms with E-state index in [-0.39, 0.29) is 24.4 Å². The van der Waals surface area contributed by atoms with Crippen LogP contribution >= 0.6 is 0 Å². The van der Waals surface area contributed by atoms with Crippen LogP contribution in [-0.4, -0.2) is 34.4 Å². The quantitative estimate of drug-likeness (QED) is 0.849.